The first kappa shape index (κ1) is 21.4. The maximum atomic E-state index is 13.4. The topological polar surface area (TPSA) is 80.0 Å². The molecule has 1 saturated heterocycles. The van der Waals surface area contributed by atoms with Crippen molar-refractivity contribution >= 4 is 17.4 Å². The highest BCUT2D eigenvalue weighted by molar-refractivity contribution is 6.46. The zero-order valence-electron chi connectivity index (χ0n) is 17.5. The molecular weight excluding hydrogens is 413 g/mol. The molecule has 3 aromatic rings. The number of ketones is 1. The van der Waals surface area contributed by atoms with Crippen molar-refractivity contribution in [3.63, 3.8) is 0 Å². The van der Waals surface area contributed by atoms with E-state index in [1.807, 2.05) is 6.92 Å². The maximum absolute atomic E-state index is 13.4. The average Bonchev–Trinajstić information content (AvgIpc) is 3.40. The first-order valence-electron chi connectivity index (χ1n) is 10.3. The molecule has 0 spiro atoms. The molecule has 0 radical (unpaired) electrons. The van der Waals surface area contributed by atoms with Gasteiger partial charge in [0.25, 0.3) is 11.7 Å². The van der Waals surface area contributed by atoms with Gasteiger partial charge in [0.15, 0.2) is 0 Å². The second-order valence-corrected chi connectivity index (χ2v) is 7.43. The summed E-state index contributed by atoms with van der Waals surface area (Å²) in [7, 11) is 0. The smallest absolute Gasteiger partial charge is 0.296 e. The number of amides is 1. The van der Waals surface area contributed by atoms with Crippen LogP contribution in [0.1, 0.15) is 36.3 Å². The molecule has 6 nitrogen and oxygen atoms in total. The Morgan fingerprint density at radius 1 is 1.09 bits per heavy atom. The molecule has 1 unspecified atom stereocenters. The molecule has 1 amide bonds. The third kappa shape index (κ3) is 4.14. The van der Waals surface area contributed by atoms with Crippen molar-refractivity contribution in [2.45, 2.75) is 25.9 Å². The fourth-order valence-electron chi connectivity index (χ4n) is 3.69. The number of likely N-dealkylation sites (tertiary alicyclic amines) is 1. The van der Waals surface area contributed by atoms with Gasteiger partial charge in [0.2, 0.25) is 0 Å². The van der Waals surface area contributed by atoms with E-state index in [-0.39, 0.29) is 23.4 Å². The lowest BCUT2D eigenvalue weighted by Gasteiger charge is -2.24. The highest BCUT2D eigenvalue weighted by Crippen LogP contribution is 2.40. The molecule has 0 saturated carbocycles. The van der Waals surface area contributed by atoms with E-state index < -0.39 is 23.5 Å². The molecule has 0 aliphatic carbocycles. The first-order valence-corrected chi connectivity index (χ1v) is 10.3. The molecule has 1 aliphatic heterocycles. The Hall–Kier alpha value is -3.87. The molecule has 1 aromatic heterocycles. The summed E-state index contributed by atoms with van der Waals surface area (Å²) >= 11 is 0. The van der Waals surface area contributed by atoms with E-state index in [0.717, 1.165) is 6.42 Å². The third-order valence-corrected chi connectivity index (χ3v) is 5.23. The predicted octanol–water partition coefficient (Wildman–Crippen LogP) is 4.83. The number of rotatable bonds is 7. The van der Waals surface area contributed by atoms with Crippen molar-refractivity contribution in [2.75, 3.05) is 6.61 Å². The standard InChI is InChI=1S/C25H22FNO5/c1-2-13-31-19-11-7-16(8-12-19)22-21(23(28)17-5-9-18(26)10-6-17)24(29)25(30)27(22)15-20-4-3-14-32-20/h3-12,14,22,28H,2,13,15H2,1H3/b23-21-. The largest absolute Gasteiger partial charge is 0.507 e. The van der Waals surface area contributed by atoms with Gasteiger partial charge in [-0.15, -0.1) is 0 Å². The van der Waals surface area contributed by atoms with E-state index in [2.05, 4.69) is 0 Å². The third-order valence-electron chi connectivity index (χ3n) is 5.23. The normalized spacial score (nSPS) is 17.7. The van der Waals surface area contributed by atoms with Crippen LogP contribution in [0.3, 0.4) is 0 Å². The molecule has 1 N–H and O–H groups in total. The first-order chi connectivity index (χ1) is 15.5. The number of aliphatic hydroxyl groups is 1. The minimum absolute atomic E-state index is 0.0521. The summed E-state index contributed by atoms with van der Waals surface area (Å²) in [5.74, 6) is -1.23. The van der Waals surface area contributed by atoms with Crippen LogP contribution < -0.4 is 4.74 Å². The number of hydrogen-bond acceptors (Lipinski definition) is 5. The van der Waals surface area contributed by atoms with Crippen LogP contribution in [0.15, 0.2) is 76.9 Å². The molecule has 0 bridgehead atoms. The number of carbonyl (C=O) groups is 2. The monoisotopic (exact) mass is 435 g/mol. The van der Waals surface area contributed by atoms with Crippen molar-refractivity contribution in [3.8, 4) is 5.75 Å². The Morgan fingerprint density at radius 2 is 1.81 bits per heavy atom. The fraction of sp³-hybridized carbons (Fsp3) is 0.200. The fourth-order valence-corrected chi connectivity index (χ4v) is 3.69. The number of halogens is 1. The SMILES string of the molecule is CCCOc1ccc(C2/C(=C(/O)c3ccc(F)cc3)C(=O)C(=O)N2Cc2ccco2)cc1. The number of hydrogen-bond donors (Lipinski definition) is 1. The lowest BCUT2D eigenvalue weighted by Crippen LogP contribution is -2.29. The molecule has 1 fully saturated rings. The Balaban J connectivity index is 1.79. The Labute approximate surface area is 184 Å². The Morgan fingerprint density at radius 3 is 2.44 bits per heavy atom. The average molecular weight is 435 g/mol. The molecule has 32 heavy (non-hydrogen) atoms. The Bertz CT molecular complexity index is 1130. The van der Waals surface area contributed by atoms with E-state index in [9.17, 15) is 19.1 Å². The second-order valence-electron chi connectivity index (χ2n) is 7.43. The van der Waals surface area contributed by atoms with E-state index in [1.54, 1.807) is 36.4 Å². The number of aliphatic hydroxyl groups excluding tert-OH is 1. The van der Waals surface area contributed by atoms with Gasteiger partial charge in [-0.1, -0.05) is 19.1 Å². The molecule has 4 rings (SSSR count). The number of benzene rings is 2. The number of ether oxygens (including phenoxy) is 1. The number of carbonyl (C=O) groups excluding carboxylic acids is 2. The van der Waals surface area contributed by atoms with Crippen LogP contribution in [-0.2, 0) is 16.1 Å². The summed E-state index contributed by atoms with van der Waals surface area (Å²) in [6, 6.07) is 14.7. The van der Waals surface area contributed by atoms with Crippen molar-refractivity contribution in [3.05, 3.63) is 95.2 Å². The van der Waals surface area contributed by atoms with Crippen LogP contribution in [0.2, 0.25) is 0 Å². The van der Waals surface area contributed by atoms with Crippen LogP contribution in [0.4, 0.5) is 4.39 Å². The zero-order chi connectivity index (χ0) is 22.7. The minimum atomic E-state index is -0.842. The second kappa shape index (κ2) is 9.09. The molecule has 1 aliphatic rings. The van der Waals surface area contributed by atoms with Crippen LogP contribution in [0.5, 0.6) is 5.75 Å². The maximum Gasteiger partial charge on any atom is 0.296 e. The van der Waals surface area contributed by atoms with Gasteiger partial charge in [0, 0.05) is 5.56 Å². The molecule has 2 heterocycles. The lowest BCUT2D eigenvalue weighted by atomic mass is 9.95. The number of nitrogens with zero attached hydrogens (tertiary/aromatic N) is 1. The summed E-state index contributed by atoms with van der Waals surface area (Å²) in [5.41, 5.74) is 0.814. The van der Waals surface area contributed by atoms with E-state index in [4.69, 9.17) is 9.15 Å². The summed E-state index contributed by atoms with van der Waals surface area (Å²) in [4.78, 5) is 27.3. The van der Waals surface area contributed by atoms with Crippen molar-refractivity contribution in [2.24, 2.45) is 0 Å². The molecule has 164 valence electrons. The van der Waals surface area contributed by atoms with Gasteiger partial charge >= 0.3 is 0 Å². The number of furan rings is 1. The van der Waals surface area contributed by atoms with E-state index >= 15 is 0 Å². The molecule has 2 aromatic carbocycles. The van der Waals surface area contributed by atoms with Gasteiger partial charge in [-0.2, -0.15) is 0 Å². The summed E-state index contributed by atoms with van der Waals surface area (Å²) in [5, 5.41) is 11.0. The van der Waals surface area contributed by atoms with Gasteiger partial charge in [-0.25, -0.2) is 4.39 Å². The Kier molecular flexibility index (Phi) is 6.07. The van der Waals surface area contributed by atoms with Crippen molar-refractivity contribution in [1.29, 1.82) is 0 Å². The minimum Gasteiger partial charge on any atom is -0.507 e. The summed E-state index contributed by atoms with van der Waals surface area (Å²) in [6.07, 6.45) is 2.35. The summed E-state index contributed by atoms with van der Waals surface area (Å²) < 4.78 is 24.4. The molecule has 1 atom stereocenters. The van der Waals surface area contributed by atoms with Crippen LogP contribution in [-0.4, -0.2) is 28.3 Å². The zero-order valence-corrected chi connectivity index (χ0v) is 17.5. The van der Waals surface area contributed by atoms with Crippen molar-refractivity contribution in [1.82, 2.24) is 4.90 Å². The van der Waals surface area contributed by atoms with Gasteiger partial charge in [-0.05, 0) is 60.5 Å². The molecule has 7 heteroatoms. The predicted molar refractivity (Wildman–Crippen MR) is 115 cm³/mol. The number of Topliss-reactive ketones (excluding diaryl/α,β-unsaturated/α-hetero) is 1. The van der Waals surface area contributed by atoms with Crippen LogP contribution in [0, 0.1) is 5.82 Å². The van der Waals surface area contributed by atoms with Crippen molar-refractivity contribution < 1.29 is 28.2 Å². The van der Waals surface area contributed by atoms with Crippen LogP contribution >= 0.6 is 0 Å². The van der Waals surface area contributed by atoms with Gasteiger partial charge in [0.05, 0.1) is 31.0 Å². The highest BCUT2D eigenvalue weighted by atomic mass is 19.1. The van der Waals surface area contributed by atoms with E-state index in [0.29, 0.717) is 23.7 Å². The van der Waals surface area contributed by atoms with Gasteiger partial charge in [-0.3, -0.25) is 9.59 Å². The highest BCUT2D eigenvalue weighted by Gasteiger charge is 2.46. The molecular formula is C25H22FNO5. The van der Waals surface area contributed by atoms with E-state index in [1.165, 1.54) is 35.4 Å². The summed E-state index contributed by atoms with van der Waals surface area (Å²) in [6.45, 7) is 2.63. The van der Waals surface area contributed by atoms with Gasteiger partial charge < -0.3 is 19.2 Å². The van der Waals surface area contributed by atoms with Gasteiger partial charge in [0.1, 0.15) is 23.1 Å². The quantitative estimate of drug-likeness (QED) is 0.327. The lowest BCUT2D eigenvalue weighted by molar-refractivity contribution is -0.140. The van der Waals surface area contributed by atoms with Crippen LogP contribution in [0.25, 0.3) is 5.76 Å².